The van der Waals surface area contributed by atoms with Crippen molar-refractivity contribution in [1.29, 1.82) is 0 Å². The van der Waals surface area contributed by atoms with Gasteiger partial charge in [-0.3, -0.25) is 0 Å². The number of fused-ring (bicyclic) bond motifs is 5. The standard InChI is InChI=1S/C41H25N3O/c1-3-9-26(10-4-1)30-15-16-32-22-33(18-17-31(32)21-30)40-42-39(27-11-5-2-6-12-27)43-41(44-40)34-19-20-37-35(24-34)36-23-28-13-7-8-14-29(28)25-38(36)45-37/h1-25H. The molecule has 4 heteroatoms. The molecule has 0 aliphatic heterocycles. The maximum atomic E-state index is 6.26. The SMILES string of the molecule is c1ccc(-c2ccc3cc(-c4nc(-c5ccccc5)nc(-c5ccc6oc7cc8ccccc8cc7c6c5)n4)ccc3c2)cc1. The lowest BCUT2D eigenvalue weighted by Gasteiger charge is -2.10. The lowest BCUT2D eigenvalue weighted by molar-refractivity contribution is 0.669. The Bertz CT molecular complexity index is 2540. The fourth-order valence-corrected chi connectivity index (χ4v) is 6.15. The lowest BCUT2D eigenvalue weighted by atomic mass is 10.00. The molecule has 0 aliphatic carbocycles. The zero-order valence-electron chi connectivity index (χ0n) is 24.2. The van der Waals surface area contributed by atoms with E-state index >= 15 is 0 Å². The Labute approximate surface area is 259 Å². The summed E-state index contributed by atoms with van der Waals surface area (Å²) in [7, 11) is 0. The van der Waals surface area contributed by atoms with Gasteiger partial charge in [-0.05, 0) is 75.1 Å². The fourth-order valence-electron chi connectivity index (χ4n) is 6.15. The van der Waals surface area contributed by atoms with Crippen molar-refractivity contribution in [2.45, 2.75) is 0 Å². The number of nitrogens with zero attached hydrogens (tertiary/aromatic N) is 3. The minimum absolute atomic E-state index is 0.621. The van der Waals surface area contributed by atoms with Gasteiger partial charge in [0.1, 0.15) is 11.2 Å². The fraction of sp³-hybridized carbons (Fsp3) is 0. The minimum Gasteiger partial charge on any atom is -0.456 e. The second kappa shape index (κ2) is 10.2. The van der Waals surface area contributed by atoms with Gasteiger partial charge < -0.3 is 4.42 Å². The number of benzene rings is 7. The van der Waals surface area contributed by atoms with Crippen LogP contribution in [0.5, 0.6) is 0 Å². The third kappa shape index (κ3) is 4.52. The monoisotopic (exact) mass is 575 g/mol. The highest BCUT2D eigenvalue weighted by atomic mass is 16.3. The molecule has 9 aromatic rings. The van der Waals surface area contributed by atoms with Crippen LogP contribution in [-0.4, -0.2) is 15.0 Å². The zero-order chi connectivity index (χ0) is 29.7. The molecular weight excluding hydrogens is 550 g/mol. The average molecular weight is 576 g/mol. The molecule has 0 saturated heterocycles. The minimum atomic E-state index is 0.621. The van der Waals surface area contributed by atoms with E-state index in [2.05, 4.69) is 103 Å². The highest BCUT2D eigenvalue weighted by Gasteiger charge is 2.15. The summed E-state index contributed by atoms with van der Waals surface area (Å²) in [4.78, 5) is 15.0. The molecule has 0 N–H and O–H groups in total. The van der Waals surface area contributed by atoms with Crippen LogP contribution in [0.3, 0.4) is 0 Å². The van der Waals surface area contributed by atoms with E-state index in [0.29, 0.717) is 17.5 Å². The number of aromatic nitrogens is 3. The molecule has 7 aromatic carbocycles. The molecule has 9 rings (SSSR count). The van der Waals surface area contributed by atoms with E-state index in [0.717, 1.165) is 49.4 Å². The topological polar surface area (TPSA) is 51.8 Å². The van der Waals surface area contributed by atoms with Crippen LogP contribution in [0.25, 0.3) is 88.8 Å². The average Bonchev–Trinajstić information content (AvgIpc) is 3.47. The van der Waals surface area contributed by atoms with E-state index in [1.807, 2.05) is 48.5 Å². The van der Waals surface area contributed by atoms with Crippen molar-refractivity contribution in [2.75, 3.05) is 0 Å². The van der Waals surface area contributed by atoms with E-state index in [4.69, 9.17) is 19.4 Å². The molecule has 0 unspecified atom stereocenters. The largest absolute Gasteiger partial charge is 0.456 e. The van der Waals surface area contributed by atoms with Crippen molar-refractivity contribution in [3.05, 3.63) is 152 Å². The highest BCUT2D eigenvalue weighted by molar-refractivity contribution is 6.10. The molecule has 0 saturated carbocycles. The maximum absolute atomic E-state index is 6.26. The van der Waals surface area contributed by atoms with Crippen molar-refractivity contribution in [2.24, 2.45) is 0 Å². The molecule has 0 atom stereocenters. The first-order valence-corrected chi connectivity index (χ1v) is 15.0. The van der Waals surface area contributed by atoms with Crippen molar-refractivity contribution < 1.29 is 4.42 Å². The molecule has 0 spiro atoms. The molecular formula is C41H25N3O. The lowest BCUT2D eigenvalue weighted by Crippen LogP contribution is -2.00. The predicted molar refractivity (Wildman–Crippen MR) is 184 cm³/mol. The summed E-state index contributed by atoms with van der Waals surface area (Å²) in [5.74, 6) is 1.89. The maximum Gasteiger partial charge on any atom is 0.164 e. The van der Waals surface area contributed by atoms with E-state index < -0.39 is 0 Å². The molecule has 0 aliphatic rings. The van der Waals surface area contributed by atoms with Crippen molar-refractivity contribution >= 4 is 43.5 Å². The van der Waals surface area contributed by atoms with Crippen LogP contribution in [-0.2, 0) is 0 Å². The Morgan fingerprint density at radius 1 is 0.311 bits per heavy atom. The van der Waals surface area contributed by atoms with Crippen LogP contribution in [0.1, 0.15) is 0 Å². The Morgan fingerprint density at radius 2 is 0.800 bits per heavy atom. The Balaban J connectivity index is 1.19. The smallest absolute Gasteiger partial charge is 0.164 e. The van der Waals surface area contributed by atoms with Gasteiger partial charge >= 0.3 is 0 Å². The third-order valence-electron chi connectivity index (χ3n) is 8.47. The summed E-state index contributed by atoms with van der Waals surface area (Å²) >= 11 is 0. The van der Waals surface area contributed by atoms with Crippen molar-refractivity contribution in [1.82, 2.24) is 15.0 Å². The van der Waals surface area contributed by atoms with Gasteiger partial charge in [-0.25, -0.2) is 15.0 Å². The number of hydrogen-bond donors (Lipinski definition) is 0. The second-order valence-corrected chi connectivity index (χ2v) is 11.3. The molecule has 45 heavy (non-hydrogen) atoms. The third-order valence-corrected chi connectivity index (χ3v) is 8.47. The Hall–Kier alpha value is -6.13. The van der Waals surface area contributed by atoms with Crippen LogP contribution in [0.2, 0.25) is 0 Å². The molecule has 0 bridgehead atoms. The van der Waals surface area contributed by atoms with Crippen molar-refractivity contribution in [3.63, 3.8) is 0 Å². The van der Waals surface area contributed by atoms with Crippen LogP contribution < -0.4 is 0 Å². The van der Waals surface area contributed by atoms with E-state index in [9.17, 15) is 0 Å². The van der Waals surface area contributed by atoms with Crippen LogP contribution in [0, 0.1) is 0 Å². The molecule has 0 radical (unpaired) electrons. The summed E-state index contributed by atoms with van der Waals surface area (Å²) in [5.41, 5.74) is 6.90. The molecule has 0 amide bonds. The highest BCUT2D eigenvalue weighted by Crippen LogP contribution is 2.35. The molecule has 2 aromatic heterocycles. The van der Waals surface area contributed by atoms with E-state index in [1.54, 1.807) is 0 Å². The Kier molecular flexibility index (Phi) is 5.78. The van der Waals surface area contributed by atoms with E-state index in [-0.39, 0.29) is 0 Å². The van der Waals surface area contributed by atoms with Gasteiger partial charge in [0.25, 0.3) is 0 Å². The molecule has 210 valence electrons. The first-order chi connectivity index (χ1) is 22.2. The first kappa shape index (κ1) is 25.4. The van der Waals surface area contributed by atoms with Crippen LogP contribution in [0.15, 0.2) is 156 Å². The number of rotatable bonds is 4. The molecule has 4 nitrogen and oxygen atoms in total. The van der Waals surface area contributed by atoms with Crippen LogP contribution >= 0.6 is 0 Å². The van der Waals surface area contributed by atoms with Gasteiger partial charge in [-0.15, -0.1) is 0 Å². The quantitative estimate of drug-likeness (QED) is 0.209. The van der Waals surface area contributed by atoms with Gasteiger partial charge in [0.05, 0.1) is 0 Å². The molecule has 2 heterocycles. The number of hydrogen-bond acceptors (Lipinski definition) is 4. The number of furan rings is 1. The normalized spacial score (nSPS) is 11.6. The first-order valence-electron chi connectivity index (χ1n) is 15.0. The summed E-state index contributed by atoms with van der Waals surface area (Å²) in [6.07, 6.45) is 0. The summed E-state index contributed by atoms with van der Waals surface area (Å²) < 4.78 is 6.26. The van der Waals surface area contributed by atoms with Gasteiger partial charge in [0.2, 0.25) is 0 Å². The van der Waals surface area contributed by atoms with Gasteiger partial charge in [0, 0.05) is 27.5 Å². The van der Waals surface area contributed by atoms with Crippen molar-refractivity contribution in [3.8, 4) is 45.3 Å². The van der Waals surface area contributed by atoms with Gasteiger partial charge in [0.15, 0.2) is 17.5 Å². The Morgan fingerprint density at radius 3 is 1.51 bits per heavy atom. The predicted octanol–water partition coefficient (Wildman–Crippen LogP) is 10.7. The van der Waals surface area contributed by atoms with Gasteiger partial charge in [-0.1, -0.05) is 109 Å². The summed E-state index contributed by atoms with van der Waals surface area (Å²) in [5, 5.41) is 6.75. The van der Waals surface area contributed by atoms with Gasteiger partial charge in [-0.2, -0.15) is 0 Å². The zero-order valence-corrected chi connectivity index (χ0v) is 24.2. The second-order valence-electron chi connectivity index (χ2n) is 11.3. The summed E-state index contributed by atoms with van der Waals surface area (Å²) in [6, 6.07) is 52.4. The van der Waals surface area contributed by atoms with E-state index in [1.165, 1.54) is 21.9 Å². The van der Waals surface area contributed by atoms with Crippen LogP contribution in [0.4, 0.5) is 0 Å². The molecule has 0 fully saturated rings. The summed E-state index contributed by atoms with van der Waals surface area (Å²) in [6.45, 7) is 0.